The first kappa shape index (κ1) is 22.0. The molecule has 0 atom stereocenters. The number of amides is 1. The number of benzene rings is 2. The van der Waals surface area contributed by atoms with Gasteiger partial charge in [0.05, 0.1) is 29.6 Å². The fraction of sp³-hybridized carbons (Fsp3) is 0.333. The number of hydrogen-bond donors (Lipinski definition) is 0. The maximum atomic E-state index is 12.5. The van der Waals surface area contributed by atoms with E-state index in [1.165, 1.54) is 30.6 Å². The zero-order valence-corrected chi connectivity index (χ0v) is 18.8. The fourth-order valence-corrected chi connectivity index (χ4v) is 5.56. The van der Waals surface area contributed by atoms with Gasteiger partial charge in [-0.1, -0.05) is 17.4 Å². The summed E-state index contributed by atoms with van der Waals surface area (Å²) < 4.78 is 38.3. The Hall–Kier alpha value is -2.65. The molecule has 0 aliphatic rings. The average Bonchev–Trinajstić information content (AvgIpc) is 3.10. The lowest BCUT2D eigenvalue weighted by atomic mass is 10.3. The summed E-state index contributed by atoms with van der Waals surface area (Å²) in [6.45, 7) is 2.61. The molecule has 0 spiro atoms. The number of thiazole rings is 1. The third-order valence-electron chi connectivity index (χ3n) is 4.64. The summed E-state index contributed by atoms with van der Waals surface area (Å²) in [5.74, 6) is 0.860. The van der Waals surface area contributed by atoms with Crippen molar-refractivity contribution < 1.29 is 22.7 Å². The minimum atomic E-state index is -3.46. The predicted octanol–water partition coefficient (Wildman–Crippen LogP) is 3.42. The molecule has 0 fully saturated rings. The van der Waals surface area contributed by atoms with E-state index in [0.29, 0.717) is 17.1 Å². The van der Waals surface area contributed by atoms with Gasteiger partial charge in [0, 0.05) is 13.0 Å². The van der Waals surface area contributed by atoms with E-state index in [1.807, 2.05) is 29.7 Å². The van der Waals surface area contributed by atoms with Gasteiger partial charge in [-0.25, -0.2) is 8.42 Å². The molecule has 0 aliphatic carbocycles. The molecule has 1 aromatic heterocycles. The third-order valence-corrected chi connectivity index (χ3v) is 7.50. The molecule has 0 N–H and O–H groups in total. The standard InChI is InChI=1S/C21H24N2O5S2/c1-4-23-20-17(28-3)7-5-8-18(20)29-21(23)22-19(24)9-6-14-30(25,26)16-12-10-15(27-2)11-13-16/h5,7-8,10-13H,4,6,9,14H2,1-3H3. The number of ether oxygens (including phenoxy) is 2. The van der Waals surface area contributed by atoms with Crippen LogP contribution in [0.15, 0.2) is 52.4 Å². The van der Waals surface area contributed by atoms with Crippen molar-refractivity contribution in [2.24, 2.45) is 4.99 Å². The molecular weight excluding hydrogens is 424 g/mol. The molecular formula is C21H24N2O5S2. The summed E-state index contributed by atoms with van der Waals surface area (Å²) >= 11 is 1.41. The number of fused-ring (bicyclic) bond motifs is 1. The van der Waals surface area contributed by atoms with Crippen LogP contribution in [0.4, 0.5) is 0 Å². The molecule has 0 bridgehead atoms. The lowest BCUT2D eigenvalue weighted by molar-refractivity contribution is -0.118. The fourth-order valence-electron chi connectivity index (χ4n) is 3.12. The van der Waals surface area contributed by atoms with Crippen LogP contribution in [0.25, 0.3) is 10.2 Å². The zero-order chi connectivity index (χ0) is 21.7. The first-order valence-corrected chi connectivity index (χ1v) is 12.0. The molecule has 0 radical (unpaired) electrons. The molecule has 0 saturated heterocycles. The van der Waals surface area contributed by atoms with Gasteiger partial charge in [0.1, 0.15) is 17.0 Å². The molecule has 3 aromatic rings. The van der Waals surface area contributed by atoms with Gasteiger partial charge in [-0.2, -0.15) is 4.99 Å². The normalized spacial score (nSPS) is 12.3. The monoisotopic (exact) mass is 448 g/mol. The maximum absolute atomic E-state index is 12.5. The van der Waals surface area contributed by atoms with Crippen molar-refractivity contribution in [2.45, 2.75) is 31.2 Å². The Morgan fingerprint density at radius 3 is 2.47 bits per heavy atom. The highest BCUT2D eigenvalue weighted by molar-refractivity contribution is 7.91. The number of aryl methyl sites for hydroxylation is 1. The van der Waals surface area contributed by atoms with Crippen molar-refractivity contribution in [3.63, 3.8) is 0 Å². The Balaban J connectivity index is 1.73. The lowest BCUT2D eigenvalue weighted by Gasteiger charge is -2.06. The van der Waals surface area contributed by atoms with E-state index in [-0.39, 0.29) is 29.4 Å². The highest BCUT2D eigenvalue weighted by atomic mass is 32.2. The van der Waals surface area contributed by atoms with Crippen molar-refractivity contribution in [3.8, 4) is 11.5 Å². The van der Waals surface area contributed by atoms with E-state index in [1.54, 1.807) is 19.2 Å². The molecule has 0 unspecified atom stereocenters. The van der Waals surface area contributed by atoms with Crippen molar-refractivity contribution in [1.82, 2.24) is 4.57 Å². The minimum absolute atomic E-state index is 0.0600. The topological polar surface area (TPSA) is 87.0 Å². The summed E-state index contributed by atoms with van der Waals surface area (Å²) in [5.41, 5.74) is 0.904. The SMILES string of the molecule is CCn1c(=NC(=O)CCCS(=O)(=O)c2ccc(OC)cc2)sc2cccc(OC)c21. The molecule has 160 valence electrons. The van der Waals surface area contributed by atoms with E-state index >= 15 is 0 Å². The summed E-state index contributed by atoms with van der Waals surface area (Å²) in [6, 6.07) is 12.0. The molecule has 2 aromatic carbocycles. The van der Waals surface area contributed by atoms with E-state index < -0.39 is 9.84 Å². The largest absolute Gasteiger partial charge is 0.497 e. The van der Waals surface area contributed by atoms with Crippen LogP contribution < -0.4 is 14.3 Å². The Bertz CT molecular complexity index is 1210. The van der Waals surface area contributed by atoms with Crippen LogP contribution in [0.3, 0.4) is 0 Å². The van der Waals surface area contributed by atoms with Gasteiger partial charge in [0.2, 0.25) is 5.91 Å². The number of carbonyl (C=O) groups is 1. The third kappa shape index (κ3) is 4.73. The van der Waals surface area contributed by atoms with Gasteiger partial charge >= 0.3 is 0 Å². The minimum Gasteiger partial charge on any atom is -0.497 e. The number of hydrogen-bond acceptors (Lipinski definition) is 6. The maximum Gasteiger partial charge on any atom is 0.248 e. The van der Waals surface area contributed by atoms with Crippen LogP contribution in [0.5, 0.6) is 11.5 Å². The Morgan fingerprint density at radius 2 is 1.83 bits per heavy atom. The Labute approximate surface area is 179 Å². The van der Waals surface area contributed by atoms with Gasteiger partial charge in [-0.15, -0.1) is 0 Å². The van der Waals surface area contributed by atoms with Crippen molar-refractivity contribution >= 4 is 37.3 Å². The molecule has 1 heterocycles. The molecule has 1 amide bonds. The van der Waals surface area contributed by atoms with Crippen molar-refractivity contribution in [2.75, 3.05) is 20.0 Å². The second kappa shape index (κ2) is 9.44. The van der Waals surface area contributed by atoms with Gasteiger partial charge in [-0.05, 0) is 49.7 Å². The van der Waals surface area contributed by atoms with Crippen LogP contribution in [-0.4, -0.2) is 38.9 Å². The molecule has 9 heteroatoms. The molecule has 7 nitrogen and oxygen atoms in total. The number of para-hydroxylation sites is 1. The van der Waals surface area contributed by atoms with Gasteiger partial charge < -0.3 is 14.0 Å². The van der Waals surface area contributed by atoms with Crippen LogP contribution in [0, 0.1) is 0 Å². The van der Waals surface area contributed by atoms with E-state index in [2.05, 4.69) is 4.99 Å². The molecule has 0 aliphatic heterocycles. The number of aromatic nitrogens is 1. The predicted molar refractivity (Wildman–Crippen MR) is 117 cm³/mol. The van der Waals surface area contributed by atoms with Gasteiger partial charge in [0.25, 0.3) is 0 Å². The number of nitrogens with zero attached hydrogens (tertiary/aromatic N) is 2. The van der Waals surface area contributed by atoms with Crippen molar-refractivity contribution in [3.05, 3.63) is 47.3 Å². The second-order valence-electron chi connectivity index (χ2n) is 6.54. The van der Waals surface area contributed by atoms with Gasteiger partial charge in [0.15, 0.2) is 14.6 Å². The summed E-state index contributed by atoms with van der Waals surface area (Å²) in [5, 5.41) is 0. The smallest absolute Gasteiger partial charge is 0.248 e. The molecule has 3 rings (SSSR count). The Morgan fingerprint density at radius 1 is 1.10 bits per heavy atom. The van der Waals surface area contributed by atoms with Crippen LogP contribution in [-0.2, 0) is 21.2 Å². The lowest BCUT2D eigenvalue weighted by Crippen LogP contribution is -2.16. The first-order chi connectivity index (χ1) is 14.4. The quantitative estimate of drug-likeness (QED) is 0.527. The van der Waals surface area contributed by atoms with Crippen LogP contribution in [0.2, 0.25) is 0 Å². The van der Waals surface area contributed by atoms with Gasteiger partial charge in [-0.3, -0.25) is 4.79 Å². The highest BCUT2D eigenvalue weighted by Gasteiger charge is 2.16. The summed E-state index contributed by atoms with van der Waals surface area (Å²) in [4.78, 5) is 17.4. The van der Waals surface area contributed by atoms with E-state index in [9.17, 15) is 13.2 Å². The average molecular weight is 449 g/mol. The zero-order valence-electron chi connectivity index (χ0n) is 17.1. The van der Waals surface area contributed by atoms with Crippen LogP contribution in [0.1, 0.15) is 19.8 Å². The van der Waals surface area contributed by atoms with Crippen molar-refractivity contribution in [1.29, 1.82) is 0 Å². The molecule has 30 heavy (non-hydrogen) atoms. The number of methoxy groups -OCH3 is 2. The first-order valence-electron chi connectivity index (χ1n) is 9.50. The highest BCUT2D eigenvalue weighted by Crippen LogP contribution is 2.27. The second-order valence-corrected chi connectivity index (χ2v) is 9.66. The number of rotatable bonds is 8. The Kier molecular flexibility index (Phi) is 6.94. The summed E-state index contributed by atoms with van der Waals surface area (Å²) in [6.07, 6.45) is 0.265. The summed E-state index contributed by atoms with van der Waals surface area (Å²) in [7, 11) is -0.335. The number of sulfone groups is 1. The van der Waals surface area contributed by atoms with Crippen LogP contribution >= 0.6 is 11.3 Å². The molecule has 0 saturated carbocycles. The van der Waals surface area contributed by atoms with E-state index in [0.717, 1.165) is 16.0 Å². The number of carbonyl (C=O) groups excluding carboxylic acids is 1. The van der Waals surface area contributed by atoms with E-state index in [4.69, 9.17) is 9.47 Å².